The van der Waals surface area contributed by atoms with Gasteiger partial charge in [0.15, 0.2) is 5.75 Å². The van der Waals surface area contributed by atoms with Crippen LogP contribution in [0.2, 0.25) is 0 Å². The molecule has 1 aromatic heterocycles. The van der Waals surface area contributed by atoms with E-state index in [4.69, 9.17) is 5.73 Å². The lowest BCUT2D eigenvalue weighted by Crippen LogP contribution is -2.32. The summed E-state index contributed by atoms with van der Waals surface area (Å²) in [6.07, 6.45) is 0. The maximum Gasteiger partial charge on any atom is 0.296 e. The summed E-state index contributed by atoms with van der Waals surface area (Å²) in [5.41, 5.74) is 5.32. The van der Waals surface area contributed by atoms with Crippen LogP contribution in [0.15, 0.2) is 143 Å². The number of benzene rings is 6. The minimum atomic E-state index is -5.11. The van der Waals surface area contributed by atoms with Crippen molar-refractivity contribution >= 4 is 114 Å². The molecule has 26 nitrogen and oxygen atoms in total. The number of azo groups is 2. The van der Waals surface area contributed by atoms with Crippen molar-refractivity contribution in [1.29, 1.82) is 0 Å². The Balaban J connectivity index is 1.23. The highest BCUT2D eigenvalue weighted by atomic mass is 32.2. The number of hydrogen-bond acceptors (Lipinski definition) is 22. The quantitative estimate of drug-likeness (QED) is 0.0232. The van der Waals surface area contributed by atoms with Crippen LogP contribution in [0.3, 0.4) is 0 Å². The zero-order chi connectivity index (χ0) is 51.1. The molecule has 0 bridgehead atoms. The SMILES string of the molecule is NCCNCCNCCNc1nc(Nc2cccc(S(=O)(=O)O)c2)nc(Nc2ccc3cc(S(=O)(=O)O)c(N=Nc4ccc(N=Nc5ccc(S(=O)(=O)O)cc5)c5ccc(S(=O)(=O)O)cc45)c(O)c3c2)n1. The Bertz CT molecular complexity index is 3680. The van der Waals surface area contributed by atoms with Gasteiger partial charge in [-0.3, -0.25) is 18.2 Å². The van der Waals surface area contributed by atoms with Crippen LogP contribution in [0.4, 0.5) is 52.0 Å². The molecule has 372 valence electrons. The normalized spacial score (nSPS) is 12.6. The minimum absolute atomic E-state index is 0.0136. The van der Waals surface area contributed by atoms with Crippen molar-refractivity contribution in [2.24, 2.45) is 26.2 Å². The predicted molar refractivity (Wildman–Crippen MR) is 260 cm³/mol. The summed E-state index contributed by atoms with van der Waals surface area (Å²) in [6, 6.07) is 21.3. The molecule has 0 saturated heterocycles. The first-order valence-corrected chi connectivity index (χ1v) is 26.3. The van der Waals surface area contributed by atoms with Crippen LogP contribution < -0.4 is 32.3 Å². The molecule has 7 aromatic rings. The van der Waals surface area contributed by atoms with Gasteiger partial charge in [0.1, 0.15) is 10.6 Å². The van der Waals surface area contributed by atoms with Crippen LogP contribution in [0.25, 0.3) is 21.5 Å². The van der Waals surface area contributed by atoms with E-state index in [1.165, 1.54) is 66.7 Å². The number of phenols is 1. The van der Waals surface area contributed by atoms with Gasteiger partial charge in [-0.1, -0.05) is 18.2 Å². The summed E-state index contributed by atoms with van der Waals surface area (Å²) in [5, 5.41) is 43.6. The Hall–Kier alpha value is -7.23. The summed E-state index contributed by atoms with van der Waals surface area (Å²) in [6.45, 7) is 3.34. The molecular formula is C41H41N13O13S4. The molecule has 0 radical (unpaired) electrons. The second kappa shape index (κ2) is 21.4. The summed E-state index contributed by atoms with van der Waals surface area (Å²) in [4.78, 5) is 11.0. The first-order valence-electron chi connectivity index (χ1n) is 20.5. The van der Waals surface area contributed by atoms with Gasteiger partial charge < -0.3 is 37.4 Å². The third-order valence-electron chi connectivity index (χ3n) is 9.90. The molecule has 0 amide bonds. The second-order valence-electron chi connectivity index (χ2n) is 14.9. The number of rotatable bonds is 21. The van der Waals surface area contributed by atoms with Gasteiger partial charge in [0.2, 0.25) is 17.8 Å². The van der Waals surface area contributed by atoms with E-state index in [1.54, 1.807) is 0 Å². The largest absolute Gasteiger partial charge is 0.505 e. The van der Waals surface area contributed by atoms with Gasteiger partial charge in [-0.25, -0.2) is 0 Å². The zero-order valence-electron chi connectivity index (χ0n) is 36.4. The molecule has 0 fully saturated rings. The fourth-order valence-electron chi connectivity index (χ4n) is 6.59. The van der Waals surface area contributed by atoms with Crippen molar-refractivity contribution in [2.45, 2.75) is 19.6 Å². The van der Waals surface area contributed by atoms with Crippen LogP contribution >= 0.6 is 0 Å². The van der Waals surface area contributed by atoms with E-state index < -0.39 is 66.6 Å². The Morgan fingerprint density at radius 3 is 1.69 bits per heavy atom. The number of nitrogens with one attached hydrogen (secondary N) is 5. The Labute approximate surface area is 404 Å². The summed E-state index contributed by atoms with van der Waals surface area (Å²) in [7, 11) is -18.9. The van der Waals surface area contributed by atoms with Gasteiger partial charge >= 0.3 is 0 Å². The average molecular weight is 1050 g/mol. The lowest BCUT2D eigenvalue weighted by atomic mass is 10.1. The molecule has 0 saturated carbocycles. The van der Waals surface area contributed by atoms with Crippen molar-refractivity contribution in [2.75, 3.05) is 55.2 Å². The Morgan fingerprint density at radius 1 is 0.493 bits per heavy atom. The zero-order valence-corrected chi connectivity index (χ0v) is 39.7. The third kappa shape index (κ3) is 13.4. The Morgan fingerprint density at radius 2 is 1.06 bits per heavy atom. The Kier molecular flexibility index (Phi) is 15.6. The summed E-state index contributed by atoms with van der Waals surface area (Å²) >= 11 is 0. The molecule has 30 heteroatoms. The van der Waals surface area contributed by atoms with Gasteiger partial charge in [-0.15, -0.1) is 15.3 Å². The molecule has 0 aliphatic rings. The second-order valence-corrected chi connectivity index (χ2v) is 20.6. The number of aromatic nitrogens is 3. The van der Waals surface area contributed by atoms with Crippen molar-refractivity contribution in [3.63, 3.8) is 0 Å². The number of fused-ring (bicyclic) bond motifs is 2. The fraction of sp³-hybridized carbons (Fsp3) is 0.146. The molecule has 1 heterocycles. The highest BCUT2D eigenvalue weighted by Crippen LogP contribution is 2.44. The number of hydrogen-bond donors (Lipinski definition) is 11. The molecule has 0 aliphatic carbocycles. The molecule has 71 heavy (non-hydrogen) atoms. The lowest BCUT2D eigenvalue weighted by molar-refractivity contribution is 0.472. The van der Waals surface area contributed by atoms with Crippen molar-refractivity contribution in [3.8, 4) is 5.75 Å². The fourth-order valence-corrected chi connectivity index (χ4v) is 8.77. The number of nitrogens with zero attached hydrogens (tertiary/aromatic N) is 7. The first-order chi connectivity index (χ1) is 33.6. The molecule has 0 unspecified atom stereocenters. The van der Waals surface area contributed by atoms with E-state index in [-0.39, 0.29) is 72.7 Å². The molecule has 0 atom stereocenters. The molecule has 6 aromatic carbocycles. The van der Waals surface area contributed by atoms with Crippen molar-refractivity contribution < 1.29 is 57.0 Å². The molecule has 7 rings (SSSR count). The van der Waals surface area contributed by atoms with Gasteiger partial charge in [-0.2, -0.15) is 53.7 Å². The smallest absolute Gasteiger partial charge is 0.296 e. The highest BCUT2D eigenvalue weighted by molar-refractivity contribution is 7.86. The molecule has 0 spiro atoms. The van der Waals surface area contributed by atoms with Gasteiger partial charge in [0.05, 0.1) is 31.7 Å². The van der Waals surface area contributed by atoms with Crippen LogP contribution in [0, 0.1) is 0 Å². The molecule has 0 aliphatic heterocycles. The van der Waals surface area contributed by atoms with E-state index in [1.807, 2.05) is 0 Å². The first kappa shape index (κ1) is 51.6. The van der Waals surface area contributed by atoms with Crippen LogP contribution in [0.1, 0.15) is 0 Å². The maximum absolute atomic E-state index is 12.7. The van der Waals surface area contributed by atoms with Gasteiger partial charge in [0, 0.05) is 66.8 Å². The maximum atomic E-state index is 12.7. The minimum Gasteiger partial charge on any atom is -0.505 e. The van der Waals surface area contributed by atoms with Crippen LogP contribution in [0.5, 0.6) is 5.75 Å². The van der Waals surface area contributed by atoms with Crippen molar-refractivity contribution in [3.05, 3.63) is 103 Å². The van der Waals surface area contributed by atoms with Crippen molar-refractivity contribution in [1.82, 2.24) is 25.6 Å². The summed E-state index contributed by atoms with van der Waals surface area (Å²) < 4.78 is 135. The van der Waals surface area contributed by atoms with E-state index in [2.05, 4.69) is 62.0 Å². The average Bonchev–Trinajstić information content (AvgIpc) is 3.30. The van der Waals surface area contributed by atoms with E-state index in [0.29, 0.717) is 39.3 Å². The standard InChI is InChI=1S/C41H41N13O13S4/c42-14-15-43-16-17-44-18-19-45-39-48-40(46-26-2-1-3-29(21-26)69(59,60)61)50-41(49-39)47-27-5-4-24-20-36(71(65,66)67)37(38(55)32(24)22-27)54-53-35-13-12-34(31-11-10-30(23-33(31)35)70(62,63)64)52-51-25-6-8-28(9-7-25)68(56,57)58/h1-13,20-23,43-44,55H,14-19,42H2,(H,56,57,58)(H,59,60,61)(H,62,63,64)(H,65,66,67)(H3,45,46,47,48,49,50). The summed E-state index contributed by atoms with van der Waals surface area (Å²) in [5.74, 6) is -0.845. The monoisotopic (exact) mass is 1050 g/mol. The predicted octanol–water partition coefficient (Wildman–Crippen LogP) is 5.74. The van der Waals surface area contributed by atoms with Gasteiger partial charge in [-0.05, 0) is 90.3 Å². The lowest BCUT2D eigenvalue weighted by Gasteiger charge is -2.13. The topological polar surface area (TPSA) is 412 Å². The van der Waals surface area contributed by atoms with Gasteiger partial charge in [0.25, 0.3) is 40.5 Å². The number of anilines is 5. The van der Waals surface area contributed by atoms with E-state index >= 15 is 0 Å². The van der Waals surface area contributed by atoms with Crippen LogP contribution in [-0.2, 0) is 40.5 Å². The highest BCUT2D eigenvalue weighted by Gasteiger charge is 2.23. The number of aromatic hydroxyl groups is 1. The van der Waals surface area contributed by atoms with E-state index in [0.717, 1.165) is 36.4 Å². The number of phenolic OH excluding ortho intramolecular Hbond substituents is 1. The third-order valence-corrected chi connectivity index (χ3v) is 13.3. The van der Waals surface area contributed by atoms with Crippen LogP contribution in [-0.4, -0.2) is 111 Å². The molecule has 12 N–H and O–H groups in total. The molecular weight excluding hydrogens is 1010 g/mol. The van der Waals surface area contributed by atoms with E-state index in [9.17, 15) is 57.0 Å². The number of nitrogens with two attached hydrogens (primary N) is 1.